The Kier molecular flexibility index (Phi) is 3.44. The summed E-state index contributed by atoms with van der Waals surface area (Å²) in [5.74, 6) is 1.02. The van der Waals surface area contributed by atoms with E-state index in [0.717, 1.165) is 30.6 Å². The van der Waals surface area contributed by atoms with Gasteiger partial charge in [0, 0.05) is 6.42 Å². The van der Waals surface area contributed by atoms with Crippen molar-refractivity contribution in [2.24, 2.45) is 0 Å². The molecule has 0 radical (unpaired) electrons. The number of hydrogen-bond acceptors (Lipinski definition) is 2. The summed E-state index contributed by atoms with van der Waals surface area (Å²) in [5.41, 5.74) is 1.16. The van der Waals surface area contributed by atoms with Crippen LogP contribution in [0, 0.1) is 0 Å². The van der Waals surface area contributed by atoms with Crippen LogP contribution in [0.25, 0.3) is 0 Å². The van der Waals surface area contributed by atoms with Crippen molar-refractivity contribution in [3.8, 4) is 5.75 Å². The standard InChI is InChI=1S/C13H17NO2/c1-16-11-8-6-10(7-9-11)12-4-2-3-5-13(15)14-12/h6-9,12H,2-5H2,1H3,(H,14,15). The minimum absolute atomic E-state index is 0.165. The number of methoxy groups -OCH3 is 1. The molecule has 3 nitrogen and oxygen atoms in total. The Hall–Kier alpha value is -1.51. The van der Waals surface area contributed by atoms with Gasteiger partial charge in [0.15, 0.2) is 0 Å². The van der Waals surface area contributed by atoms with Gasteiger partial charge in [-0.3, -0.25) is 4.79 Å². The maximum absolute atomic E-state index is 11.5. The van der Waals surface area contributed by atoms with Crippen LogP contribution < -0.4 is 10.1 Å². The van der Waals surface area contributed by atoms with Gasteiger partial charge in [0.1, 0.15) is 5.75 Å². The molecule has 86 valence electrons. The van der Waals surface area contributed by atoms with Gasteiger partial charge in [-0.05, 0) is 30.5 Å². The second-order valence-corrected chi connectivity index (χ2v) is 4.14. The van der Waals surface area contributed by atoms with Crippen molar-refractivity contribution >= 4 is 5.91 Å². The molecule has 16 heavy (non-hydrogen) atoms. The minimum atomic E-state index is 0.165. The first kappa shape index (κ1) is 11.0. The van der Waals surface area contributed by atoms with Crippen LogP contribution in [0.15, 0.2) is 24.3 Å². The first-order chi connectivity index (χ1) is 7.79. The van der Waals surface area contributed by atoms with E-state index in [2.05, 4.69) is 5.32 Å². The smallest absolute Gasteiger partial charge is 0.220 e. The lowest BCUT2D eigenvalue weighted by Gasteiger charge is -2.16. The van der Waals surface area contributed by atoms with Crippen LogP contribution in [0.2, 0.25) is 0 Å². The molecule has 1 amide bonds. The molecule has 1 N–H and O–H groups in total. The molecular weight excluding hydrogens is 202 g/mol. The van der Waals surface area contributed by atoms with Crippen molar-refractivity contribution in [3.05, 3.63) is 29.8 Å². The van der Waals surface area contributed by atoms with Crippen LogP contribution in [0.4, 0.5) is 0 Å². The largest absolute Gasteiger partial charge is 0.497 e. The molecule has 1 aliphatic heterocycles. The van der Waals surface area contributed by atoms with Crippen LogP contribution >= 0.6 is 0 Å². The Bertz CT molecular complexity index is 359. The van der Waals surface area contributed by atoms with E-state index in [4.69, 9.17) is 4.74 Å². The number of ether oxygens (including phenoxy) is 1. The lowest BCUT2D eigenvalue weighted by atomic mass is 10.0. The molecule has 2 rings (SSSR count). The number of rotatable bonds is 2. The van der Waals surface area contributed by atoms with E-state index < -0.39 is 0 Å². The zero-order chi connectivity index (χ0) is 11.4. The molecule has 0 aromatic heterocycles. The molecule has 0 spiro atoms. The van der Waals surface area contributed by atoms with E-state index in [9.17, 15) is 4.79 Å². The van der Waals surface area contributed by atoms with Crippen LogP contribution in [0.3, 0.4) is 0 Å². The lowest BCUT2D eigenvalue weighted by Crippen LogP contribution is -2.25. The molecule has 1 atom stereocenters. The lowest BCUT2D eigenvalue weighted by molar-refractivity contribution is -0.121. The van der Waals surface area contributed by atoms with Crippen molar-refractivity contribution < 1.29 is 9.53 Å². The number of carbonyl (C=O) groups is 1. The van der Waals surface area contributed by atoms with Crippen molar-refractivity contribution in [1.29, 1.82) is 0 Å². The molecule has 0 aliphatic carbocycles. The van der Waals surface area contributed by atoms with E-state index in [0.29, 0.717) is 6.42 Å². The maximum Gasteiger partial charge on any atom is 0.220 e. The van der Waals surface area contributed by atoms with Gasteiger partial charge < -0.3 is 10.1 Å². The van der Waals surface area contributed by atoms with Gasteiger partial charge in [0.25, 0.3) is 0 Å². The van der Waals surface area contributed by atoms with Crippen molar-refractivity contribution in [2.45, 2.75) is 31.7 Å². The summed E-state index contributed by atoms with van der Waals surface area (Å²) in [6.45, 7) is 0. The summed E-state index contributed by atoms with van der Waals surface area (Å²) in [5, 5.41) is 3.05. The van der Waals surface area contributed by atoms with Gasteiger partial charge >= 0.3 is 0 Å². The van der Waals surface area contributed by atoms with Gasteiger partial charge in [-0.2, -0.15) is 0 Å². The summed E-state index contributed by atoms with van der Waals surface area (Å²) in [6, 6.07) is 8.09. The summed E-state index contributed by atoms with van der Waals surface area (Å²) in [4.78, 5) is 11.5. The summed E-state index contributed by atoms with van der Waals surface area (Å²) < 4.78 is 5.11. The zero-order valence-corrected chi connectivity index (χ0v) is 9.53. The monoisotopic (exact) mass is 219 g/mol. The second-order valence-electron chi connectivity index (χ2n) is 4.14. The second kappa shape index (κ2) is 5.01. The van der Waals surface area contributed by atoms with E-state index in [1.165, 1.54) is 0 Å². The number of hydrogen-bond donors (Lipinski definition) is 1. The molecule has 1 unspecified atom stereocenters. The zero-order valence-electron chi connectivity index (χ0n) is 9.53. The fourth-order valence-electron chi connectivity index (χ4n) is 2.06. The van der Waals surface area contributed by atoms with Crippen molar-refractivity contribution in [1.82, 2.24) is 5.32 Å². The van der Waals surface area contributed by atoms with Gasteiger partial charge in [-0.15, -0.1) is 0 Å². The Morgan fingerprint density at radius 2 is 2.00 bits per heavy atom. The van der Waals surface area contributed by atoms with Gasteiger partial charge in [-0.25, -0.2) is 0 Å². The van der Waals surface area contributed by atoms with E-state index >= 15 is 0 Å². The average molecular weight is 219 g/mol. The van der Waals surface area contributed by atoms with Gasteiger partial charge in [0.05, 0.1) is 13.2 Å². The van der Waals surface area contributed by atoms with Crippen LogP contribution in [0.1, 0.15) is 37.3 Å². The highest BCUT2D eigenvalue weighted by Gasteiger charge is 2.17. The Labute approximate surface area is 95.8 Å². The third-order valence-electron chi connectivity index (χ3n) is 3.00. The van der Waals surface area contributed by atoms with E-state index in [1.807, 2.05) is 24.3 Å². The topological polar surface area (TPSA) is 38.3 Å². The highest BCUT2D eigenvalue weighted by molar-refractivity contribution is 5.76. The molecule has 1 heterocycles. The highest BCUT2D eigenvalue weighted by atomic mass is 16.5. The Morgan fingerprint density at radius 1 is 1.25 bits per heavy atom. The molecule has 1 aromatic rings. The van der Waals surface area contributed by atoms with Crippen molar-refractivity contribution in [2.75, 3.05) is 7.11 Å². The van der Waals surface area contributed by atoms with Crippen LogP contribution in [0.5, 0.6) is 5.75 Å². The molecule has 1 fully saturated rings. The number of benzene rings is 1. The first-order valence-electron chi connectivity index (χ1n) is 5.73. The van der Waals surface area contributed by atoms with E-state index in [1.54, 1.807) is 7.11 Å². The molecule has 1 saturated heterocycles. The highest BCUT2D eigenvalue weighted by Crippen LogP contribution is 2.24. The fraction of sp³-hybridized carbons (Fsp3) is 0.462. The SMILES string of the molecule is COc1ccc(C2CCCCC(=O)N2)cc1. The predicted molar refractivity (Wildman–Crippen MR) is 62.3 cm³/mol. The Balaban J connectivity index is 2.12. The third kappa shape index (κ3) is 2.54. The predicted octanol–water partition coefficient (Wildman–Crippen LogP) is 2.43. The summed E-state index contributed by atoms with van der Waals surface area (Å²) >= 11 is 0. The van der Waals surface area contributed by atoms with Crippen LogP contribution in [-0.2, 0) is 4.79 Å². The molecule has 0 bridgehead atoms. The Morgan fingerprint density at radius 3 is 2.69 bits per heavy atom. The third-order valence-corrected chi connectivity index (χ3v) is 3.00. The number of nitrogens with one attached hydrogen (secondary N) is 1. The molecular formula is C13H17NO2. The van der Waals surface area contributed by atoms with Crippen LogP contribution in [-0.4, -0.2) is 13.0 Å². The molecule has 1 aliphatic rings. The molecule has 1 aromatic carbocycles. The van der Waals surface area contributed by atoms with Crippen molar-refractivity contribution in [3.63, 3.8) is 0 Å². The molecule has 3 heteroatoms. The first-order valence-corrected chi connectivity index (χ1v) is 5.73. The van der Waals surface area contributed by atoms with E-state index in [-0.39, 0.29) is 11.9 Å². The van der Waals surface area contributed by atoms with Gasteiger partial charge in [0.2, 0.25) is 5.91 Å². The number of carbonyl (C=O) groups excluding carboxylic acids is 1. The fourth-order valence-corrected chi connectivity index (χ4v) is 2.06. The maximum atomic E-state index is 11.5. The minimum Gasteiger partial charge on any atom is -0.497 e. The summed E-state index contributed by atoms with van der Waals surface area (Å²) in [7, 11) is 1.66. The molecule has 0 saturated carbocycles. The van der Waals surface area contributed by atoms with Gasteiger partial charge in [-0.1, -0.05) is 18.6 Å². The normalized spacial score (nSPS) is 21.1. The number of amides is 1. The summed E-state index contributed by atoms with van der Waals surface area (Å²) in [6.07, 6.45) is 3.79. The average Bonchev–Trinajstić information content (AvgIpc) is 2.54. The quantitative estimate of drug-likeness (QED) is 0.829.